The second-order valence-electron chi connectivity index (χ2n) is 6.26. The monoisotopic (exact) mass is 351 g/mol. The number of aryl methyl sites for hydroxylation is 1. The van der Waals surface area contributed by atoms with Crippen LogP contribution in [-0.2, 0) is 19.8 Å². The van der Waals surface area contributed by atoms with E-state index in [0.29, 0.717) is 5.69 Å². The van der Waals surface area contributed by atoms with Crippen molar-refractivity contribution in [2.24, 2.45) is 7.05 Å². The second-order valence-corrected chi connectivity index (χ2v) is 6.26. The fourth-order valence-corrected chi connectivity index (χ4v) is 2.98. The fourth-order valence-electron chi connectivity index (χ4n) is 2.98. The first kappa shape index (κ1) is 17.4. The second kappa shape index (κ2) is 6.82. The molecule has 0 unspecified atom stereocenters. The maximum absolute atomic E-state index is 13.1. The Bertz CT molecular complexity index is 808. The Morgan fingerprint density at radius 2 is 1.84 bits per heavy atom. The molecule has 1 aliphatic rings. The van der Waals surface area contributed by atoms with Gasteiger partial charge in [0.15, 0.2) is 0 Å². The molecule has 0 saturated carbocycles. The number of aromatic nitrogens is 1. The normalized spacial score (nSPS) is 14.8. The quantitative estimate of drug-likeness (QED) is 0.914. The molecule has 25 heavy (non-hydrogen) atoms. The molecular weight excluding hydrogens is 331 g/mol. The molecule has 1 aliphatic heterocycles. The van der Waals surface area contributed by atoms with Gasteiger partial charge in [0.25, 0.3) is 5.56 Å². The highest BCUT2D eigenvalue weighted by Crippen LogP contribution is 2.36. The van der Waals surface area contributed by atoms with Gasteiger partial charge in [0.05, 0.1) is 16.9 Å². The smallest absolute Gasteiger partial charge is 0.379 e. The van der Waals surface area contributed by atoms with E-state index in [-0.39, 0.29) is 12.1 Å². The topological polar surface area (TPSA) is 37.3 Å². The van der Waals surface area contributed by atoms with Gasteiger partial charge in [0, 0.05) is 38.9 Å². The molecule has 2 aromatic rings. The number of hydrogen-bond donors (Lipinski definition) is 1. The van der Waals surface area contributed by atoms with Crippen molar-refractivity contribution in [2.45, 2.75) is 25.6 Å². The van der Waals surface area contributed by atoms with Gasteiger partial charge in [-0.15, -0.1) is 0 Å². The van der Waals surface area contributed by atoms with Gasteiger partial charge in [0.2, 0.25) is 0 Å². The highest BCUT2D eigenvalue weighted by atomic mass is 19.4. The van der Waals surface area contributed by atoms with Crippen molar-refractivity contribution in [3.8, 4) is 0 Å². The van der Waals surface area contributed by atoms with Crippen molar-refractivity contribution < 1.29 is 13.2 Å². The fraction of sp³-hybridized carbons (Fsp3) is 0.389. The Morgan fingerprint density at radius 3 is 2.48 bits per heavy atom. The van der Waals surface area contributed by atoms with E-state index < -0.39 is 11.7 Å². The minimum atomic E-state index is -4.39. The summed E-state index contributed by atoms with van der Waals surface area (Å²) in [6.07, 6.45) is -0.667. The van der Waals surface area contributed by atoms with Crippen LogP contribution in [0.2, 0.25) is 0 Å². The average molecular weight is 351 g/mol. The van der Waals surface area contributed by atoms with E-state index in [1.165, 1.54) is 16.7 Å². The highest BCUT2D eigenvalue weighted by molar-refractivity contribution is 5.71. The van der Waals surface area contributed by atoms with Crippen molar-refractivity contribution in [3.63, 3.8) is 0 Å². The molecule has 0 atom stereocenters. The zero-order chi connectivity index (χ0) is 18.0. The maximum atomic E-state index is 13.1. The molecule has 0 spiro atoms. The molecule has 134 valence electrons. The number of halogens is 3. The lowest BCUT2D eigenvalue weighted by molar-refractivity contribution is -0.137. The molecule has 0 radical (unpaired) electrons. The molecule has 2 heterocycles. The molecule has 1 aromatic heterocycles. The number of benzene rings is 1. The van der Waals surface area contributed by atoms with Crippen molar-refractivity contribution in [1.82, 2.24) is 4.57 Å². The molecule has 1 aromatic carbocycles. The summed E-state index contributed by atoms with van der Waals surface area (Å²) in [5.74, 6) is 0. The van der Waals surface area contributed by atoms with E-state index >= 15 is 0 Å². The van der Waals surface area contributed by atoms with E-state index in [0.717, 1.165) is 49.3 Å². The molecule has 3 rings (SSSR count). The van der Waals surface area contributed by atoms with Crippen LogP contribution in [-0.4, -0.2) is 17.7 Å². The molecule has 0 aliphatic carbocycles. The standard InChI is InChI=1S/C18H20F3N3O/c1-23-9-6-13(10-17(23)25)12-22-15-11-14(18(19,20)21)4-5-16(15)24-7-2-3-8-24/h4-6,9-11,22H,2-3,7-8,12H2,1H3. The summed E-state index contributed by atoms with van der Waals surface area (Å²) in [5, 5.41) is 3.08. The molecule has 1 N–H and O–H groups in total. The Hall–Kier alpha value is -2.44. The Balaban J connectivity index is 1.88. The minimum Gasteiger partial charge on any atom is -0.379 e. The van der Waals surface area contributed by atoms with Crippen molar-refractivity contribution in [1.29, 1.82) is 0 Å². The van der Waals surface area contributed by atoms with Gasteiger partial charge in [-0.2, -0.15) is 13.2 Å². The van der Waals surface area contributed by atoms with Crippen molar-refractivity contribution in [2.75, 3.05) is 23.3 Å². The summed E-state index contributed by atoms with van der Waals surface area (Å²) in [6.45, 7) is 1.97. The van der Waals surface area contributed by atoms with Crippen LogP contribution >= 0.6 is 0 Å². The van der Waals surface area contributed by atoms with E-state index in [2.05, 4.69) is 10.2 Å². The number of nitrogens with one attached hydrogen (secondary N) is 1. The van der Waals surface area contributed by atoms with Gasteiger partial charge in [-0.1, -0.05) is 0 Å². The van der Waals surface area contributed by atoms with E-state index in [1.54, 1.807) is 19.3 Å². The summed E-state index contributed by atoms with van der Waals surface area (Å²) in [7, 11) is 1.65. The minimum absolute atomic E-state index is 0.150. The van der Waals surface area contributed by atoms with Crippen molar-refractivity contribution >= 4 is 11.4 Å². The number of hydrogen-bond acceptors (Lipinski definition) is 3. The molecule has 1 fully saturated rings. The highest BCUT2D eigenvalue weighted by Gasteiger charge is 2.31. The molecule has 0 amide bonds. The first-order valence-electron chi connectivity index (χ1n) is 8.20. The van der Waals surface area contributed by atoms with Crippen LogP contribution < -0.4 is 15.8 Å². The lowest BCUT2D eigenvalue weighted by Crippen LogP contribution is -2.20. The first-order chi connectivity index (χ1) is 11.8. The van der Waals surface area contributed by atoms with Crippen LogP contribution in [0.1, 0.15) is 24.0 Å². The van der Waals surface area contributed by atoms with Gasteiger partial charge in [-0.25, -0.2) is 0 Å². The van der Waals surface area contributed by atoms with Crippen LogP contribution in [0.15, 0.2) is 41.3 Å². The number of pyridine rings is 1. The van der Waals surface area contributed by atoms with Crippen LogP contribution in [0.25, 0.3) is 0 Å². The number of rotatable bonds is 4. The Kier molecular flexibility index (Phi) is 4.74. The van der Waals surface area contributed by atoms with Gasteiger partial charge in [0.1, 0.15) is 0 Å². The van der Waals surface area contributed by atoms with Crippen LogP contribution in [0, 0.1) is 0 Å². The molecule has 1 saturated heterocycles. The van der Waals surface area contributed by atoms with Crippen LogP contribution in [0.5, 0.6) is 0 Å². The summed E-state index contributed by atoms with van der Waals surface area (Å²) in [6, 6.07) is 7.06. The van der Waals surface area contributed by atoms with Crippen molar-refractivity contribution in [3.05, 3.63) is 58.0 Å². The lowest BCUT2D eigenvalue weighted by Gasteiger charge is -2.23. The van der Waals surface area contributed by atoms with E-state index in [9.17, 15) is 18.0 Å². The van der Waals surface area contributed by atoms with Gasteiger partial charge in [-0.3, -0.25) is 4.79 Å². The summed E-state index contributed by atoms with van der Waals surface area (Å²) >= 11 is 0. The summed E-state index contributed by atoms with van der Waals surface area (Å²) in [5.41, 5.74) is 1.12. The molecular formula is C18H20F3N3O. The number of alkyl halides is 3. The van der Waals surface area contributed by atoms with Crippen LogP contribution in [0.4, 0.5) is 24.5 Å². The summed E-state index contributed by atoms with van der Waals surface area (Å²) < 4.78 is 40.6. The van der Waals surface area contributed by atoms with Crippen LogP contribution in [0.3, 0.4) is 0 Å². The number of nitrogens with zero attached hydrogens (tertiary/aromatic N) is 2. The lowest BCUT2D eigenvalue weighted by atomic mass is 10.1. The predicted molar refractivity (Wildman–Crippen MR) is 91.9 cm³/mol. The van der Waals surface area contributed by atoms with E-state index in [4.69, 9.17) is 0 Å². The third-order valence-corrected chi connectivity index (χ3v) is 4.42. The average Bonchev–Trinajstić information content (AvgIpc) is 3.09. The Morgan fingerprint density at radius 1 is 1.12 bits per heavy atom. The number of anilines is 2. The molecule has 7 heteroatoms. The van der Waals surface area contributed by atoms with Gasteiger partial charge < -0.3 is 14.8 Å². The van der Waals surface area contributed by atoms with Gasteiger partial charge in [-0.05, 0) is 42.7 Å². The predicted octanol–water partition coefficient (Wildman–Crippen LogP) is 3.62. The Labute approximate surface area is 143 Å². The first-order valence-corrected chi connectivity index (χ1v) is 8.20. The molecule has 0 bridgehead atoms. The SMILES string of the molecule is Cn1ccc(CNc2cc(C(F)(F)F)ccc2N2CCCC2)cc1=O. The largest absolute Gasteiger partial charge is 0.416 e. The zero-order valence-corrected chi connectivity index (χ0v) is 13.9. The third-order valence-electron chi connectivity index (χ3n) is 4.42. The third kappa shape index (κ3) is 3.97. The maximum Gasteiger partial charge on any atom is 0.416 e. The zero-order valence-electron chi connectivity index (χ0n) is 13.9. The van der Waals surface area contributed by atoms with Gasteiger partial charge >= 0.3 is 6.18 Å². The molecule has 4 nitrogen and oxygen atoms in total. The van der Waals surface area contributed by atoms with E-state index in [1.807, 2.05) is 0 Å². The summed E-state index contributed by atoms with van der Waals surface area (Å²) in [4.78, 5) is 13.8.